The van der Waals surface area contributed by atoms with Gasteiger partial charge in [-0.2, -0.15) is 0 Å². The third kappa shape index (κ3) is 3.78. The van der Waals surface area contributed by atoms with Crippen LogP contribution in [-0.2, 0) is 33.4 Å². The zero-order chi connectivity index (χ0) is 25.9. The van der Waals surface area contributed by atoms with Crippen LogP contribution in [0.4, 0.5) is 0 Å². The Labute approximate surface area is 209 Å². The van der Waals surface area contributed by atoms with Crippen molar-refractivity contribution >= 4 is 35.3 Å². The maximum absolute atomic E-state index is 13.8. The molecule has 4 aliphatic rings. The van der Waals surface area contributed by atoms with Crippen molar-refractivity contribution in [2.75, 3.05) is 13.7 Å². The van der Waals surface area contributed by atoms with E-state index in [0.717, 1.165) is 0 Å². The van der Waals surface area contributed by atoms with E-state index in [1.165, 1.54) is 25.8 Å². The number of fused-ring (bicyclic) bond motifs is 4. The van der Waals surface area contributed by atoms with E-state index in [4.69, 9.17) is 14.2 Å². The van der Waals surface area contributed by atoms with Gasteiger partial charge < -0.3 is 19.3 Å². The fourth-order valence-corrected chi connectivity index (χ4v) is 6.90. The molecule has 0 aromatic rings. The molecule has 1 saturated heterocycles. The molecule has 190 valence electrons. The number of carbonyl (C=O) groups is 4. The summed E-state index contributed by atoms with van der Waals surface area (Å²) in [7, 11) is 1.47. The molecule has 8 nitrogen and oxygen atoms in total. The van der Waals surface area contributed by atoms with Crippen molar-refractivity contribution in [1.82, 2.24) is 0 Å². The Kier molecular flexibility index (Phi) is 6.55. The summed E-state index contributed by atoms with van der Waals surface area (Å²) in [5.41, 5.74) is -1.02. The molecule has 2 fully saturated rings. The van der Waals surface area contributed by atoms with E-state index in [-0.39, 0.29) is 35.2 Å². The van der Waals surface area contributed by atoms with Crippen molar-refractivity contribution in [3.63, 3.8) is 0 Å². The quantitative estimate of drug-likeness (QED) is 0.443. The van der Waals surface area contributed by atoms with Crippen molar-refractivity contribution in [1.29, 1.82) is 0 Å². The summed E-state index contributed by atoms with van der Waals surface area (Å²) in [6, 6.07) is 0. The molecule has 1 aliphatic heterocycles. The molecule has 35 heavy (non-hydrogen) atoms. The molecule has 3 aliphatic carbocycles. The molecule has 0 aromatic heterocycles. The number of ketones is 2. The predicted octanol–water partition coefficient (Wildman–Crippen LogP) is 3.60. The van der Waals surface area contributed by atoms with Crippen molar-refractivity contribution in [2.45, 2.75) is 71.3 Å². The van der Waals surface area contributed by atoms with Gasteiger partial charge in [-0.05, 0) is 24.3 Å². The van der Waals surface area contributed by atoms with Gasteiger partial charge in [0.15, 0.2) is 5.76 Å². The van der Waals surface area contributed by atoms with Crippen LogP contribution < -0.4 is 0 Å². The number of rotatable bonds is 5. The SMILES string of the molecule is COC[C@H]1OC(=O)/C(=C\SC(C)C)C2=C(O)C(=O)C3=C([C@H](OC(C)=O)C[C@]4(C)C(=O)CC[C@@H]34)[C@]21C. The van der Waals surface area contributed by atoms with Gasteiger partial charge in [-0.25, -0.2) is 4.79 Å². The average Bonchev–Trinajstić information content (AvgIpc) is 3.06. The van der Waals surface area contributed by atoms with Crippen molar-refractivity contribution in [3.8, 4) is 0 Å². The smallest absolute Gasteiger partial charge is 0.339 e. The van der Waals surface area contributed by atoms with Crippen LogP contribution in [0.25, 0.3) is 0 Å². The number of hydrogen-bond donors (Lipinski definition) is 1. The number of carbonyl (C=O) groups excluding carboxylic acids is 4. The number of esters is 2. The van der Waals surface area contributed by atoms with Gasteiger partial charge in [-0.15, -0.1) is 11.8 Å². The number of aliphatic hydroxyl groups excluding tert-OH is 1. The van der Waals surface area contributed by atoms with Crippen LogP contribution in [0.2, 0.25) is 0 Å². The van der Waals surface area contributed by atoms with Crippen molar-refractivity contribution < 1.29 is 38.5 Å². The minimum atomic E-state index is -1.20. The van der Waals surface area contributed by atoms with E-state index in [1.54, 1.807) is 19.3 Å². The van der Waals surface area contributed by atoms with Crippen LogP contribution in [0, 0.1) is 16.7 Å². The summed E-state index contributed by atoms with van der Waals surface area (Å²) in [4.78, 5) is 52.0. The first kappa shape index (κ1) is 25.7. The Bertz CT molecular complexity index is 1100. The molecule has 1 saturated carbocycles. The van der Waals surface area contributed by atoms with E-state index in [9.17, 15) is 24.3 Å². The fraction of sp³-hybridized carbons (Fsp3) is 0.615. The minimum absolute atomic E-state index is 0.00223. The highest BCUT2D eigenvalue weighted by molar-refractivity contribution is 8.02. The topological polar surface area (TPSA) is 116 Å². The van der Waals surface area contributed by atoms with Gasteiger partial charge in [0.25, 0.3) is 0 Å². The van der Waals surface area contributed by atoms with Gasteiger partial charge >= 0.3 is 11.9 Å². The second-order valence-corrected chi connectivity index (χ2v) is 11.8. The number of methoxy groups -OCH3 is 1. The van der Waals surface area contributed by atoms with Crippen LogP contribution in [0.1, 0.15) is 53.9 Å². The number of thioether (sulfide) groups is 1. The van der Waals surface area contributed by atoms with Crippen LogP contribution in [0.15, 0.2) is 33.5 Å². The molecule has 0 bridgehead atoms. The number of hydrogen-bond acceptors (Lipinski definition) is 9. The molecule has 9 heteroatoms. The second-order valence-electron chi connectivity index (χ2n) is 10.4. The fourth-order valence-electron chi connectivity index (χ4n) is 6.28. The first-order valence-electron chi connectivity index (χ1n) is 11.9. The zero-order valence-electron chi connectivity index (χ0n) is 20.9. The lowest BCUT2D eigenvalue weighted by molar-refractivity contribution is -0.160. The van der Waals surface area contributed by atoms with Gasteiger partial charge in [0.2, 0.25) is 5.78 Å². The number of allylic oxidation sites excluding steroid dienone is 1. The summed E-state index contributed by atoms with van der Waals surface area (Å²) in [5.74, 6) is -2.77. The molecule has 5 atom stereocenters. The van der Waals surface area contributed by atoms with Crippen LogP contribution >= 0.6 is 11.8 Å². The standard InChI is InChI=1S/C26H32O8S/c1-12(2)35-11-14-20-23(30)22(29)19-15-7-8-17(28)25(15,4)9-16(33-13(3)27)21(19)26(20,5)18(10-32-6)34-24(14)31/h11-12,15-16,18,30H,7-10H2,1-6H3/b14-11-/t15-,16+,18+,25-,26-/m0/s1. The summed E-state index contributed by atoms with van der Waals surface area (Å²) in [5, 5.41) is 13.1. The van der Waals surface area contributed by atoms with Crippen molar-refractivity contribution in [3.05, 3.63) is 33.5 Å². The lowest BCUT2D eigenvalue weighted by atomic mass is 9.53. The highest BCUT2D eigenvalue weighted by Crippen LogP contribution is 2.62. The number of ether oxygens (including phenoxy) is 3. The van der Waals surface area contributed by atoms with Crippen LogP contribution in [0.5, 0.6) is 0 Å². The molecular weight excluding hydrogens is 472 g/mol. The molecule has 0 aromatic carbocycles. The molecule has 0 spiro atoms. The molecular formula is C26H32O8S. The molecule has 0 amide bonds. The summed E-state index contributed by atoms with van der Waals surface area (Å²) < 4.78 is 17.0. The number of Topliss-reactive ketones (excluding diaryl/α,β-unsaturated/α-hetero) is 2. The third-order valence-corrected chi connectivity index (χ3v) is 8.79. The third-order valence-electron chi connectivity index (χ3n) is 7.88. The molecule has 0 radical (unpaired) electrons. The van der Waals surface area contributed by atoms with E-state index >= 15 is 0 Å². The maximum Gasteiger partial charge on any atom is 0.339 e. The monoisotopic (exact) mass is 504 g/mol. The van der Waals surface area contributed by atoms with Crippen molar-refractivity contribution in [2.24, 2.45) is 16.7 Å². The van der Waals surface area contributed by atoms with E-state index in [0.29, 0.717) is 24.0 Å². The van der Waals surface area contributed by atoms with E-state index in [2.05, 4.69) is 0 Å². The van der Waals surface area contributed by atoms with Crippen LogP contribution in [-0.4, -0.2) is 59.8 Å². The highest BCUT2D eigenvalue weighted by Gasteiger charge is 2.64. The summed E-state index contributed by atoms with van der Waals surface area (Å²) in [6.45, 7) is 8.79. The Morgan fingerprint density at radius 3 is 2.57 bits per heavy atom. The molecule has 1 N–H and O–H groups in total. The average molecular weight is 505 g/mol. The van der Waals surface area contributed by atoms with Gasteiger partial charge in [-0.3, -0.25) is 14.4 Å². The second kappa shape index (κ2) is 8.92. The number of aliphatic hydroxyl groups is 1. The zero-order valence-corrected chi connectivity index (χ0v) is 21.7. The van der Waals surface area contributed by atoms with E-state index < -0.39 is 52.4 Å². The van der Waals surface area contributed by atoms with Gasteiger partial charge in [0, 0.05) is 54.6 Å². The highest BCUT2D eigenvalue weighted by atomic mass is 32.2. The first-order valence-corrected chi connectivity index (χ1v) is 12.8. The molecule has 4 rings (SSSR count). The minimum Gasteiger partial charge on any atom is -0.504 e. The molecule has 0 unspecified atom stereocenters. The lowest BCUT2D eigenvalue weighted by Crippen LogP contribution is -2.56. The van der Waals surface area contributed by atoms with E-state index in [1.807, 2.05) is 13.8 Å². The van der Waals surface area contributed by atoms with Gasteiger partial charge in [0.05, 0.1) is 17.6 Å². The maximum atomic E-state index is 13.8. The number of cyclic esters (lactones) is 1. The molecule has 1 heterocycles. The normalized spacial score (nSPS) is 35.8. The predicted molar refractivity (Wildman–Crippen MR) is 128 cm³/mol. The van der Waals surface area contributed by atoms with Gasteiger partial charge in [-0.1, -0.05) is 20.8 Å². The Morgan fingerprint density at radius 2 is 1.97 bits per heavy atom. The Hall–Kier alpha value is -2.39. The van der Waals surface area contributed by atoms with Crippen LogP contribution in [0.3, 0.4) is 0 Å². The Morgan fingerprint density at radius 1 is 1.29 bits per heavy atom. The van der Waals surface area contributed by atoms with Gasteiger partial charge in [0.1, 0.15) is 18.0 Å². The Balaban J connectivity index is 2.02. The largest absolute Gasteiger partial charge is 0.504 e. The lowest BCUT2D eigenvalue weighted by Gasteiger charge is -2.53. The summed E-state index contributed by atoms with van der Waals surface area (Å²) in [6.07, 6.45) is -0.779. The summed E-state index contributed by atoms with van der Waals surface area (Å²) >= 11 is 1.37. The first-order chi connectivity index (χ1) is 16.4.